The number of anilines is 1. The highest BCUT2D eigenvalue weighted by molar-refractivity contribution is 5.72. The third-order valence-electron chi connectivity index (χ3n) is 3.28. The van der Waals surface area contributed by atoms with Crippen LogP contribution in [0.15, 0.2) is 6.20 Å². The van der Waals surface area contributed by atoms with Gasteiger partial charge in [0.25, 0.3) is 0 Å². The highest BCUT2D eigenvalue weighted by atomic mass is 16.4. The van der Waals surface area contributed by atoms with Crippen molar-refractivity contribution in [2.75, 3.05) is 18.0 Å². The normalized spacial score (nSPS) is 24.1. The molecule has 5 heteroatoms. The summed E-state index contributed by atoms with van der Waals surface area (Å²) in [5, 5.41) is 9.11. The van der Waals surface area contributed by atoms with Gasteiger partial charge >= 0.3 is 5.97 Å². The minimum Gasteiger partial charge on any atom is -0.481 e. The van der Waals surface area contributed by atoms with E-state index in [0.717, 1.165) is 23.8 Å². The first-order valence-corrected chi connectivity index (χ1v) is 5.77. The summed E-state index contributed by atoms with van der Waals surface area (Å²) in [7, 11) is 0. The summed E-state index contributed by atoms with van der Waals surface area (Å²) in [6.45, 7) is 7.02. The van der Waals surface area contributed by atoms with Gasteiger partial charge in [0.15, 0.2) is 0 Å². The van der Waals surface area contributed by atoms with Crippen LogP contribution in [0.25, 0.3) is 0 Å². The Morgan fingerprint density at radius 3 is 2.76 bits per heavy atom. The van der Waals surface area contributed by atoms with E-state index in [9.17, 15) is 4.79 Å². The molecule has 1 saturated heterocycles. The minimum atomic E-state index is -0.724. The van der Waals surface area contributed by atoms with E-state index < -0.39 is 5.97 Å². The fraction of sp³-hybridized carbons (Fsp3) is 0.583. The fourth-order valence-electron chi connectivity index (χ4n) is 2.29. The lowest BCUT2D eigenvalue weighted by Gasteiger charge is -2.18. The van der Waals surface area contributed by atoms with Crippen LogP contribution < -0.4 is 4.90 Å². The Morgan fingerprint density at radius 2 is 2.18 bits per heavy atom. The first-order valence-electron chi connectivity index (χ1n) is 5.77. The predicted molar refractivity (Wildman–Crippen MR) is 64.0 cm³/mol. The Balaban J connectivity index is 2.25. The smallest absolute Gasteiger partial charge is 0.308 e. The molecule has 0 spiro atoms. The number of nitrogens with zero attached hydrogens (tertiary/aromatic N) is 3. The van der Waals surface area contributed by atoms with Gasteiger partial charge in [-0.1, -0.05) is 6.92 Å². The molecule has 92 valence electrons. The van der Waals surface area contributed by atoms with Gasteiger partial charge in [-0.3, -0.25) is 9.78 Å². The Morgan fingerprint density at radius 1 is 1.47 bits per heavy atom. The van der Waals surface area contributed by atoms with E-state index in [1.807, 2.05) is 25.7 Å². The molecule has 2 unspecified atom stereocenters. The molecule has 1 fully saturated rings. The quantitative estimate of drug-likeness (QED) is 0.835. The lowest BCUT2D eigenvalue weighted by molar-refractivity contribution is -0.142. The number of carbonyl (C=O) groups is 1. The molecule has 0 bridgehead atoms. The van der Waals surface area contributed by atoms with Gasteiger partial charge in [-0.05, 0) is 19.8 Å². The molecule has 5 nitrogen and oxygen atoms in total. The number of hydrogen-bond donors (Lipinski definition) is 1. The summed E-state index contributed by atoms with van der Waals surface area (Å²) in [6.07, 6.45) is 1.73. The molecule has 2 rings (SSSR count). The zero-order chi connectivity index (χ0) is 12.6. The lowest BCUT2D eigenvalue weighted by Crippen LogP contribution is -2.24. The molecular weight excluding hydrogens is 218 g/mol. The summed E-state index contributed by atoms with van der Waals surface area (Å²) in [4.78, 5) is 21.8. The van der Waals surface area contributed by atoms with E-state index in [1.165, 1.54) is 0 Å². The highest BCUT2D eigenvalue weighted by Gasteiger charge is 2.35. The van der Waals surface area contributed by atoms with E-state index in [4.69, 9.17) is 5.11 Å². The minimum absolute atomic E-state index is 0.147. The molecular formula is C12H17N3O2. The molecule has 1 aromatic heterocycles. The molecule has 1 aliphatic heterocycles. The van der Waals surface area contributed by atoms with Crippen LogP contribution in [0.1, 0.15) is 18.3 Å². The van der Waals surface area contributed by atoms with Gasteiger partial charge in [-0.15, -0.1) is 0 Å². The number of carboxylic acids is 1. The molecule has 0 aliphatic carbocycles. The highest BCUT2D eigenvalue weighted by Crippen LogP contribution is 2.28. The topological polar surface area (TPSA) is 66.3 Å². The average Bonchev–Trinajstić information content (AvgIpc) is 2.64. The summed E-state index contributed by atoms with van der Waals surface area (Å²) in [5.41, 5.74) is 1.71. The molecule has 17 heavy (non-hydrogen) atoms. The number of aliphatic carboxylic acids is 1. The van der Waals surface area contributed by atoms with Crippen LogP contribution >= 0.6 is 0 Å². The van der Waals surface area contributed by atoms with Crippen molar-refractivity contribution >= 4 is 11.8 Å². The monoisotopic (exact) mass is 235 g/mol. The first-order chi connectivity index (χ1) is 7.99. The number of carboxylic acid groups (broad SMARTS) is 1. The van der Waals surface area contributed by atoms with E-state index in [0.29, 0.717) is 6.54 Å². The second-order valence-corrected chi connectivity index (χ2v) is 4.75. The lowest BCUT2D eigenvalue weighted by atomic mass is 9.99. The van der Waals surface area contributed by atoms with Gasteiger partial charge in [0, 0.05) is 19.3 Å². The molecule has 1 aliphatic rings. The van der Waals surface area contributed by atoms with Crippen molar-refractivity contribution in [2.24, 2.45) is 11.8 Å². The van der Waals surface area contributed by atoms with Gasteiger partial charge in [0.1, 0.15) is 5.82 Å². The maximum atomic E-state index is 11.1. The summed E-state index contributed by atoms with van der Waals surface area (Å²) < 4.78 is 0. The van der Waals surface area contributed by atoms with Crippen LogP contribution in [0.2, 0.25) is 0 Å². The number of aryl methyl sites for hydroxylation is 2. The van der Waals surface area contributed by atoms with Crippen LogP contribution in [-0.2, 0) is 4.79 Å². The van der Waals surface area contributed by atoms with Gasteiger partial charge in [-0.2, -0.15) is 0 Å². The van der Waals surface area contributed by atoms with Gasteiger partial charge < -0.3 is 10.0 Å². The summed E-state index contributed by atoms with van der Waals surface area (Å²) in [5.74, 6) is -0.0650. The molecule has 2 atom stereocenters. The van der Waals surface area contributed by atoms with E-state index in [2.05, 4.69) is 9.97 Å². The van der Waals surface area contributed by atoms with E-state index in [-0.39, 0.29) is 11.8 Å². The second-order valence-electron chi connectivity index (χ2n) is 4.75. The Hall–Kier alpha value is -1.65. The van der Waals surface area contributed by atoms with Crippen molar-refractivity contribution in [3.63, 3.8) is 0 Å². The fourth-order valence-corrected chi connectivity index (χ4v) is 2.29. The van der Waals surface area contributed by atoms with Crippen molar-refractivity contribution in [1.82, 2.24) is 9.97 Å². The number of hydrogen-bond acceptors (Lipinski definition) is 4. The zero-order valence-electron chi connectivity index (χ0n) is 10.3. The molecule has 0 saturated carbocycles. The van der Waals surface area contributed by atoms with Crippen LogP contribution in [0.3, 0.4) is 0 Å². The van der Waals surface area contributed by atoms with Crippen molar-refractivity contribution in [3.05, 3.63) is 17.6 Å². The van der Waals surface area contributed by atoms with Crippen molar-refractivity contribution in [1.29, 1.82) is 0 Å². The number of rotatable bonds is 2. The van der Waals surface area contributed by atoms with Crippen molar-refractivity contribution in [3.8, 4) is 0 Å². The average molecular weight is 235 g/mol. The largest absolute Gasteiger partial charge is 0.481 e. The standard InChI is InChI=1S/C12H17N3O2/c1-7-5-15(6-10(7)12(16)17)11-9(3)13-4-8(2)14-11/h4,7,10H,5-6H2,1-3H3,(H,16,17). The Kier molecular flexibility index (Phi) is 3.00. The number of aromatic nitrogens is 2. The van der Waals surface area contributed by atoms with Crippen LogP contribution in [0.5, 0.6) is 0 Å². The maximum Gasteiger partial charge on any atom is 0.308 e. The second kappa shape index (κ2) is 4.31. The third-order valence-corrected chi connectivity index (χ3v) is 3.28. The summed E-state index contributed by atoms with van der Waals surface area (Å²) >= 11 is 0. The van der Waals surface area contributed by atoms with Crippen LogP contribution in [-0.4, -0.2) is 34.1 Å². The summed E-state index contributed by atoms with van der Waals surface area (Å²) in [6, 6.07) is 0. The molecule has 2 heterocycles. The Bertz CT molecular complexity index is 447. The molecule has 1 aromatic rings. The predicted octanol–water partition coefficient (Wildman–Crippen LogP) is 1.25. The third kappa shape index (κ3) is 2.23. The zero-order valence-corrected chi connectivity index (χ0v) is 10.3. The van der Waals surface area contributed by atoms with E-state index in [1.54, 1.807) is 6.20 Å². The van der Waals surface area contributed by atoms with Gasteiger partial charge in [-0.25, -0.2) is 4.98 Å². The van der Waals surface area contributed by atoms with Gasteiger partial charge in [0.05, 0.1) is 17.3 Å². The van der Waals surface area contributed by atoms with Crippen LogP contribution in [0, 0.1) is 25.7 Å². The SMILES string of the molecule is Cc1cnc(C)c(N2CC(C)C(C(=O)O)C2)n1. The molecule has 1 N–H and O–H groups in total. The van der Waals surface area contributed by atoms with Crippen molar-refractivity contribution in [2.45, 2.75) is 20.8 Å². The molecule has 0 radical (unpaired) electrons. The molecule has 0 aromatic carbocycles. The first kappa shape index (κ1) is 11.8. The Labute approximate surface area is 100 Å². The van der Waals surface area contributed by atoms with E-state index >= 15 is 0 Å². The molecule has 0 amide bonds. The van der Waals surface area contributed by atoms with Crippen molar-refractivity contribution < 1.29 is 9.90 Å². The maximum absolute atomic E-state index is 11.1. The van der Waals surface area contributed by atoms with Crippen LogP contribution in [0.4, 0.5) is 5.82 Å². The van der Waals surface area contributed by atoms with Gasteiger partial charge in [0.2, 0.25) is 0 Å².